The van der Waals surface area contributed by atoms with E-state index in [-0.39, 0.29) is 6.10 Å². The van der Waals surface area contributed by atoms with Gasteiger partial charge < -0.3 is 15.0 Å². The van der Waals surface area contributed by atoms with Gasteiger partial charge in [0.1, 0.15) is 11.0 Å². The summed E-state index contributed by atoms with van der Waals surface area (Å²) < 4.78 is 10.9. The molecule has 0 bridgehead atoms. The molecular formula is C11H13N3O2S2. The molecule has 1 fully saturated rings. The number of thioether (sulfide) groups is 1. The summed E-state index contributed by atoms with van der Waals surface area (Å²) in [4.78, 5) is 5.23. The van der Waals surface area contributed by atoms with Crippen molar-refractivity contribution in [1.29, 1.82) is 0 Å². The van der Waals surface area contributed by atoms with Crippen molar-refractivity contribution in [2.24, 2.45) is 0 Å². The Kier molecular flexibility index (Phi) is 3.27. The van der Waals surface area contributed by atoms with Crippen LogP contribution in [-0.2, 0) is 4.74 Å². The third-order valence-corrected chi connectivity index (χ3v) is 4.86. The van der Waals surface area contributed by atoms with Crippen LogP contribution in [0.3, 0.4) is 0 Å². The van der Waals surface area contributed by atoms with Crippen molar-refractivity contribution in [1.82, 2.24) is 10.1 Å². The highest BCUT2D eigenvalue weighted by atomic mass is 32.2. The van der Waals surface area contributed by atoms with E-state index < -0.39 is 0 Å². The van der Waals surface area contributed by atoms with Crippen molar-refractivity contribution >= 4 is 28.8 Å². The van der Waals surface area contributed by atoms with Gasteiger partial charge in [0.25, 0.3) is 5.89 Å². The Morgan fingerprint density at radius 3 is 3.06 bits per heavy atom. The van der Waals surface area contributed by atoms with Gasteiger partial charge in [-0.25, -0.2) is 0 Å². The molecule has 1 aliphatic rings. The molecule has 0 radical (unpaired) electrons. The van der Waals surface area contributed by atoms with Crippen LogP contribution >= 0.6 is 23.1 Å². The second-order valence-electron chi connectivity index (χ2n) is 4.05. The molecule has 3 heterocycles. The molecular weight excluding hydrogens is 270 g/mol. The highest BCUT2D eigenvalue weighted by molar-refractivity contribution is 7.99. The number of rotatable bonds is 2. The second-order valence-corrected chi connectivity index (χ2v) is 6.08. The van der Waals surface area contributed by atoms with Crippen LogP contribution in [0.15, 0.2) is 9.90 Å². The first-order valence-corrected chi connectivity index (χ1v) is 7.66. The maximum Gasteiger partial charge on any atom is 0.270 e. The number of hydrogen-bond acceptors (Lipinski definition) is 7. The van der Waals surface area contributed by atoms with E-state index in [2.05, 4.69) is 10.1 Å². The Labute approximate surface area is 113 Å². The predicted octanol–water partition coefficient (Wildman–Crippen LogP) is 2.49. The molecule has 18 heavy (non-hydrogen) atoms. The summed E-state index contributed by atoms with van der Waals surface area (Å²) in [6.07, 6.45) is -0.0662. The van der Waals surface area contributed by atoms with Crippen LogP contribution in [0.5, 0.6) is 0 Å². The van der Waals surface area contributed by atoms with Gasteiger partial charge >= 0.3 is 0 Å². The van der Waals surface area contributed by atoms with Gasteiger partial charge in [0.2, 0.25) is 5.82 Å². The minimum absolute atomic E-state index is 0.0662. The molecule has 96 valence electrons. The van der Waals surface area contributed by atoms with Gasteiger partial charge in [-0.05, 0) is 17.9 Å². The van der Waals surface area contributed by atoms with Crippen molar-refractivity contribution < 1.29 is 9.26 Å². The van der Waals surface area contributed by atoms with Crippen LogP contribution in [0.1, 0.15) is 17.5 Å². The number of anilines is 1. The summed E-state index contributed by atoms with van der Waals surface area (Å²) in [5.74, 6) is 3.00. The average Bonchev–Trinajstić information content (AvgIpc) is 3.00. The van der Waals surface area contributed by atoms with Crippen molar-refractivity contribution in [3.63, 3.8) is 0 Å². The Morgan fingerprint density at radius 1 is 1.50 bits per heavy atom. The number of aromatic nitrogens is 2. The first-order chi connectivity index (χ1) is 8.75. The summed E-state index contributed by atoms with van der Waals surface area (Å²) in [6, 6.07) is 0. The third kappa shape index (κ3) is 2.13. The lowest BCUT2D eigenvalue weighted by atomic mass is 10.3. The first kappa shape index (κ1) is 12.0. The SMILES string of the molecule is Cc1csc(-c2nc(C3CSCCO3)no2)c1N. The van der Waals surface area contributed by atoms with Gasteiger partial charge in [0, 0.05) is 11.5 Å². The van der Waals surface area contributed by atoms with Crippen LogP contribution < -0.4 is 5.73 Å². The van der Waals surface area contributed by atoms with E-state index in [9.17, 15) is 0 Å². The molecule has 7 heteroatoms. The number of nitrogen functional groups attached to an aromatic ring is 1. The highest BCUT2D eigenvalue weighted by Crippen LogP contribution is 2.34. The monoisotopic (exact) mass is 283 g/mol. The molecule has 2 aromatic heterocycles. The second kappa shape index (κ2) is 4.91. The van der Waals surface area contributed by atoms with Crippen LogP contribution in [0.25, 0.3) is 10.8 Å². The first-order valence-electron chi connectivity index (χ1n) is 5.62. The van der Waals surface area contributed by atoms with Gasteiger partial charge in [-0.15, -0.1) is 11.3 Å². The summed E-state index contributed by atoms with van der Waals surface area (Å²) in [6.45, 7) is 2.70. The number of aryl methyl sites for hydroxylation is 1. The molecule has 0 aromatic carbocycles. The van der Waals surface area contributed by atoms with Crippen LogP contribution in [0, 0.1) is 6.92 Å². The summed E-state index contributed by atoms with van der Waals surface area (Å²) in [7, 11) is 0. The van der Waals surface area contributed by atoms with Crippen molar-refractivity contribution in [2.75, 3.05) is 23.8 Å². The molecule has 1 aliphatic heterocycles. The molecule has 5 nitrogen and oxygen atoms in total. The van der Waals surface area contributed by atoms with Crippen LogP contribution in [0.4, 0.5) is 5.69 Å². The highest BCUT2D eigenvalue weighted by Gasteiger charge is 2.23. The Bertz CT molecular complexity index is 546. The Morgan fingerprint density at radius 2 is 2.39 bits per heavy atom. The fourth-order valence-corrected chi connectivity index (χ4v) is 3.45. The van der Waals surface area contributed by atoms with Gasteiger partial charge in [0.05, 0.1) is 12.3 Å². The van der Waals surface area contributed by atoms with Gasteiger partial charge in [-0.2, -0.15) is 16.7 Å². The van der Waals surface area contributed by atoms with E-state index in [1.165, 1.54) is 11.3 Å². The molecule has 0 aliphatic carbocycles. The zero-order chi connectivity index (χ0) is 12.5. The quantitative estimate of drug-likeness (QED) is 0.912. The van der Waals surface area contributed by atoms with Crippen LogP contribution in [0.2, 0.25) is 0 Å². The molecule has 1 unspecified atom stereocenters. The van der Waals surface area contributed by atoms with E-state index in [1.807, 2.05) is 24.1 Å². The Balaban J connectivity index is 1.87. The fraction of sp³-hybridized carbons (Fsp3) is 0.455. The zero-order valence-electron chi connectivity index (χ0n) is 9.88. The topological polar surface area (TPSA) is 74.2 Å². The van der Waals surface area contributed by atoms with E-state index >= 15 is 0 Å². The fourth-order valence-electron chi connectivity index (χ4n) is 1.71. The van der Waals surface area contributed by atoms with Crippen LogP contribution in [-0.4, -0.2) is 28.3 Å². The zero-order valence-corrected chi connectivity index (χ0v) is 11.5. The van der Waals surface area contributed by atoms with Crippen molar-refractivity contribution in [3.8, 4) is 10.8 Å². The van der Waals surface area contributed by atoms with E-state index in [0.717, 1.165) is 28.6 Å². The minimum Gasteiger partial charge on any atom is -0.397 e. The summed E-state index contributed by atoms with van der Waals surface area (Å²) in [5, 5.41) is 5.98. The Hall–Kier alpha value is -1.05. The standard InChI is InChI=1S/C11H13N3O2S2/c1-6-4-18-9(8(6)12)11-13-10(14-16-11)7-5-17-3-2-15-7/h4,7H,2-3,5,12H2,1H3. The third-order valence-electron chi connectivity index (χ3n) is 2.76. The lowest BCUT2D eigenvalue weighted by Gasteiger charge is -2.18. The smallest absolute Gasteiger partial charge is 0.270 e. The molecule has 1 saturated heterocycles. The molecule has 1 atom stereocenters. The van der Waals surface area contributed by atoms with E-state index in [0.29, 0.717) is 17.4 Å². The molecule has 2 aromatic rings. The molecule has 3 rings (SSSR count). The lowest BCUT2D eigenvalue weighted by Crippen LogP contribution is -2.16. The number of nitrogens with two attached hydrogens (primary N) is 1. The summed E-state index contributed by atoms with van der Waals surface area (Å²) in [5.41, 5.74) is 7.73. The number of nitrogens with zero attached hydrogens (tertiary/aromatic N) is 2. The van der Waals surface area contributed by atoms with Gasteiger partial charge in [0.15, 0.2) is 0 Å². The average molecular weight is 283 g/mol. The molecule has 0 spiro atoms. The van der Waals surface area contributed by atoms with Crippen molar-refractivity contribution in [3.05, 3.63) is 16.8 Å². The normalized spacial score (nSPS) is 20.2. The summed E-state index contributed by atoms with van der Waals surface area (Å²) >= 11 is 3.36. The van der Waals surface area contributed by atoms with E-state index in [1.54, 1.807) is 0 Å². The van der Waals surface area contributed by atoms with Gasteiger partial charge in [-0.3, -0.25) is 0 Å². The largest absolute Gasteiger partial charge is 0.397 e. The molecule has 0 saturated carbocycles. The minimum atomic E-state index is -0.0662. The van der Waals surface area contributed by atoms with Gasteiger partial charge in [-0.1, -0.05) is 5.16 Å². The lowest BCUT2D eigenvalue weighted by molar-refractivity contribution is 0.0677. The number of ether oxygens (including phenoxy) is 1. The number of hydrogen-bond donors (Lipinski definition) is 1. The molecule has 0 amide bonds. The maximum atomic E-state index is 5.97. The number of thiophene rings is 1. The van der Waals surface area contributed by atoms with Crippen molar-refractivity contribution in [2.45, 2.75) is 13.0 Å². The predicted molar refractivity (Wildman–Crippen MR) is 72.8 cm³/mol. The maximum absolute atomic E-state index is 5.97. The molecule has 2 N–H and O–H groups in total. The van der Waals surface area contributed by atoms with E-state index in [4.69, 9.17) is 15.0 Å².